The summed E-state index contributed by atoms with van der Waals surface area (Å²) in [5.74, 6) is 1.27. The van der Waals surface area contributed by atoms with Crippen molar-refractivity contribution in [3.05, 3.63) is 23.9 Å². The molecule has 1 aromatic rings. The Morgan fingerprint density at radius 2 is 2.23 bits per heavy atom. The van der Waals surface area contributed by atoms with Crippen molar-refractivity contribution in [1.29, 1.82) is 0 Å². The van der Waals surface area contributed by atoms with Crippen LogP contribution < -0.4 is 10.2 Å². The Labute approximate surface area is 133 Å². The number of amides is 1. The van der Waals surface area contributed by atoms with Gasteiger partial charge in [0.25, 0.3) is 0 Å². The van der Waals surface area contributed by atoms with E-state index in [1.807, 2.05) is 18.3 Å². The van der Waals surface area contributed by atoms with Gasteiger partial charge >= 0.3 is 0 Å². The van der Waals surface area contributed by atoms with Crippen LogP contribution in [0.3, 0.4) is 0 Å². The molecule has 0 unspecified atom stereocenters. The molecule has 2 rings (SSSR count). The highest BCUT2D eigenvalue weighted by atomic mass is 16.1. The normalized spacial score (nSPS) is 19.0. The van der Waals surface area contributed by atoms with E-state index in [9.17, 15) is 4.79 Å². The van der Waals surface area contributed by atoms with E-state index >= 15 is 0 Å². The van der Waals surface area contributed by atoms with E-state index < -0.39 is 0 Å². The van der Waals surface area contributed by atoms with Crippen LogP contribution >= 0.6 is 0 Å². The quantitative estimate of drug-likeness (QED) is 0.872. The molecule has 1 N–H and O–H groups in total. The molecule has 0 bridgehead atoms. The van der Waals surface area contributed by atoms with Gasteiger partial charge in [0, 0.05) is 37.9 Å². The van der Waals surface area contributed by atoms with Crippen LogP contribution in [-0.4, -0.2) is 49.0 Å². The van der Waals surface area contributed by atoms with Crippen molar-refractivity contribution in [2.75, 3.05) is 38.1 Å². The van der Waals surface area contributed by atoms with Crippen LogP contribution in [0.1, 0.15) is 32.3 Å². The van der Waals surface area contributed by atoms with E-state index in [2.05, 4.69) is 41.0 Å². The van der Waals surface area contributed by atoms with Gasteiger partial charge in [0.15, 0.2) is 0 Å². The summed E-state index contributed by atoms with van der Waals surface area (Å²) in [6.07, 6.45) is 3.91. The van der Waals surface area contributed by atoms with Crippen molar-refractivity contribution < 1.29 is 4.79 Å². The fourth-order valence-corrected chi connectivity index (χ4v) is 3.08. The van der Waals surface area contributed by atoms with Crippen LogP contribution in [0.15, 0.2) is 18.3 Å². The molecule has 1 atom stereocenters. The summed E-state index contributed by atoms with van der Waals surface area (Å²) in [4.78, 5) is 21.3. The Hall–Kier alpha value is -1.62. The molecule has 5 nitrogen and oxygen atoms in total. The summed E-state index contributed by atoms with van der Waals surface area (Å²) in [7, 11) is 2.08. The number of anilines is 1. The van der Waals surface area contributed by atoms with Gasteiger partial charge < -0.3 is 15.1 Å². The van der Waals surface area contributed by atoms with Gasteiger partial charge in [-0.25, -0.2) is 4.98 Å². The maximum atomic E-state index is 12.4. The van der Waals surface area contributed by atoms with Crippen molar-refractivity contribution in [2.24, 2.45) is 5.92 Å². The summed E-state index contributed by atoms with van der Waals surface area (Å²) in [6, 6.07) is 3.98. The molecule has 2 heterocycles. The number of nitrogens with one attached hydrogen (secondary N) is 1. The van der Waals surface area contributed by atoms with Crippen LogP contribution in [-0.2, 0) is 11.3 Å². The Morgan fingerprint density at radius 1 is 1.45 bits per heavy atom. The largest absolute Gasteiger partial charge is 0.357 e. The first-order valence-electron chi connectivity index (χ1n) is 8.30. The Balaban J connectivity index is 1.97. The third-order valence-electron chi connectivity index (χ3n) is 4.38. The van der Waals surface area contributed by atoms with Gasteiger partial charge in [-0.15, -0.1) is 0 Å². The smallest absolute Gasteiger partial charge is 0.224 e. The maximum absolute atomic E-state index is 12.4. The minimum atomic E-state index is 0.118. The summed E-state index contributed by atoms with van der Waals surface area (Å²) in [5.41, 5.74) is 1.09. The SMILES string of the molecule is CCN(CC)c1ncccc1CNC(=O)[C@@H]1CCCN(C)C1. The van der Waals surface area contributed by atoms with Crippen LogP contribution in [0.25, 0.3) is 0 Å². The van der Waals surface area contributed by atoms with Gasteiger partial charge in [-0.3, -0.25) is 4.79 Å². The number of hydrogen-bond donors (Lipinski definition) is 1. The van der Waals surface area contributed by atoms with E-state index in [1.165, 1.54) is 0 Å². The molecule has 5 heteroatoms. The highest BCUT2D eigenvalue weighted by molar-refractivity contribution is 5.79. The highest BCUT2D eigenvalue weighted by Gasteiger charge is 2.23. The van der Waals surface area contributed by atoms with Crippen molar-refractivity contribution >= 4 is 11.7 Å². The lowest BCUT2D eigenvalue weighted by Crippen LogP contribution is -2.41. The number of rotatable bonds is 6. The predicted octanol–water partition coefficient (Wildman–Crippen LogP) is 1.89. The number of carbonyl (C=O) groups is 1. The van der Waals surface area contributed by atoms with Gasteiger partial charge in [0.2, 0.25) is 5.91 Å². The van der Waals surface area contributed by atoms with Gasteiger partial charge in [0.1, 0.15) is 5.82 Å². The van der Waals surface area contributed by atoms with E-state index in [0.29, 0.717) is 6.54 Å². The summed E-state index contributed by atoms with van der Waals surface area (Å²) in [6.45, 7) is 8.60. The second-order valence-corrected chi connectivity index (χ2v) is 5.98. The van der Waals surface area contributed by atoms with E-state index in [4.69, 9.17) is 0 Å². The maximum Gasteiger partial charge on any atom is 0.224 e. The molecule has 22 heavy (non-hydrogen) atoms. The second kappa shape index (κ2) is 8.13. The average molecular weight is 304 g/mol. The second-order valence-electron chi connectivity index (χ2n) is 5.98. The minimum absolute atomic E-state index is 0.118. The fraction of sp³-hybridized carbons (Fsp3) is 0.647. The lowest BCUT2D eigenvalue weighted by molar-refractivity contribution is -0.126. The number of likely N-dealkylation sites (tertiary alicyclic amines) is 1. The Bertz CT molecular complexity index is 487. The zero-order chi connectivity index (χ0) is 15.9. The first kappa shape index (κ1) is 16.7. The Morgan fingerprint density at radius 3 is 2.91 bits per heavy atom. The lowest BCUT2D eigenvalue weighted by atomic mass is 9.97. The van der Waals surface area contributed by atoms with E-state index in [-0.39, 0.29) is 11.8 Å². The van der Waals surface area contributed by atoms with Gasteiger partial charge in [-0.1, -0.05) is 6.07 Å². The number of nitrogens with zero attached hydrogens (tertiary/aromatic N) is 3. The topological polar surface area (TPSA) is 48.5 Å². The van der Waals surface area contributed by atoms with Crippen LogP contribution in [0.2, 0.25) is 0 Å². The van der Waals surface area contributed by atoms with Gasteiger partial charge in [-0.2, -0.15) is 0 Å². The Kier molecular flexibility index (Phi) is 6.19. The molecular weight excluding hydrogens is 276 g/mol. The zero-order valence-electron chi connectivity index (χ0n) is 14.0. The molecule has 1 amide bonds. The van der Waals surface area contributed by atoms with Crippen molar-refractivity contribution in [1.82, 2.24) is 15.2 Å². The van der Waals surface area contributed by atoms with Gasteiger partial charge in [-0.05, 0) is 46.3 Å². The first-order valence-corrected chi connectivity index (χ1v) is 8.30. The predicted molar refractivity (Wildman–Crippen MR) is 89.9 cm³/mol. The lowest BCUT2D eigenvalue weighted by Gasteiger charge is -2.29. The zero-order valence-corrected chi connectivity index (χ0v) is 14.0. The summed E-state index contributed by atoms with van der Waals surface area (Å²) >= 11 is 0. The monoisotopic (exact) mass is 304 g/mol. The third-order valence-corrected chi connectivity index (χ3v) is 4.38. The molecule has 1 saturated heterocycles. The molecule has 0 aromatic carbocycles. The first-order chi connectivity index (χ1) is 10.7. The van der Waals surface area contributed by atoms with E-state index in [1.54, 1.807) is 0 Å². The molecular formula is C17H28N4O. The number of aromatic nitrogens is 1. The number of piperidine rings is 1. The molecule has 122 valence electrons. The molecule has 1 aliphatic rings. The molecule has 1 aliphatic heterocycles. The number of carbonyl (C=O) groups excluding carboxylic acids is 1. The molecule has 0 radical (unpaired) electrons. The van der Waals surface area contributed by atoms with E-state index in [0.717, 1.165) is 50.4 Å². The van der Waals surface area contributed by atoms with Crippen LogP contribution in [0.5, 0.6) is 0 Å². The molecule has 1 fully saturated rings. The fourth-order valence-electron chi connectivity index (χ4n) is 3.08. The number of hydrogen-bond acceptors (Lipinski definition) is 4. The average Bonchev–Trinajstić information content (AvgIpc) is 2.55. The van der Waals surface area contributed by atoms with Crippen molar-refractivity contribution in [3.8, 4) is 0 Å². The van der Waals surface area contributed by atoms with Crippen LogP contribution in [0, 0.1) is 5.92 Å². The van der Waals surface area contributed by atoms with Crippen LogP contribution in [0.4, 0.5) is 5.82 Å². The van der Waals surface area contributed by atoms with Crippen molar-refractivity contribution in [3.63, 3.8) is 0 Å². The molecule has 0 saturated carbocycles. The van der Waals surface area contributed by atoms with Crippen molar-refractivity contribution in [2.45, 2.75) is 33.2 Å². The standard InChI is InChI=1S/C17H28N4O/c1-4-21(5-2)16-14(8-6-10-18-16)12-19-17(22)15-9-7-11-20(3)13-15/h6,8,10,15H,4-5,7,9,11-13H2,1-3H3,(H,19,22)/t15-/m1/s1. The highest BCUT2D eigenvalue weighted by Crippen LogP contribution is 2.18. The molecule has 0 spiro atoms. The summed E-state index contributed by atoms with van der Waals surface area (Å²) < 4.78 is 0. The number of pyridine rings is 1. The third kappa shape index (κ3) is 4.19. The molecule has 1 aromatic heterocycles. The minimum Gasteiger partial charge on any atom is -0.357 e. The molecule has 0 aliphatic carbocycles. The summed E-state index contributed by atoms with van der Waals surface area (Å²) in [5, 5.41) is 3.10. The van der Waals surface area contributed by atoms with Gasteiger partial charge in [0.05, 0.1) is 5.92 Å².